The summed E-state index contributed by atoms with van der Waals surface area (Å²) in [5, 5.41) is 0. The standard InChI is InChI=1S/C14H26OS.C7H14O.C2H6/c1-13(12-14(2)15)10-8-6-4-3-5-7-9-11-16;1-4-5-6(2)7(3)8;1-2/h16H,1,3-12H2,2H3;6H,4-5H2,1-3H3;1-2H3. The molecule has 0 aromatic rings. The van der Waals surface area contributed by atoms with Gasteiger partial charge in [0.05, 0.1) is 0 Å². The Morgan fingerprint density at radius 1 is 0.923 bits per heavy atom. The number of ketones is 2. The lowest BCUT2D eigenvalue weighted by molar-refractivity contribution is -0.120. The average Bonchev–Trinajstić information content (AvgIpc) is 2.59. The van der Waals surface area contributed by atoms with Crippen LogP contribution in [0.25, 0.3) is 0 Å². The Balaban J connectivity index is -0.000000444. The fraction of sp³-hybridized carbons (Fsp3) is 0.826. The summed E-state index contributed by atoms with van der Waals surface area (Å²) in [7, 11) is 0. The van der Waals surface area contributed by atoms with Crippen molar-refractivity contribution in [1.29, 1.82) is 0 Å². The third-order valence-electron chi connectivity index (χ3n) is 4.10. The molecule has 0 spiro atoms. The van der Waals surface area contributed by atoms with E-state index >= 15 is 0 Å². The number of allylic oxidation sites excluding steroid dienone is 1. The molecule has 1 unspecified atom stereocenters. The molecular formula is C23H46O2S. The number of hydrogen-bond donors (Lipinski definition) is 1. The van der Waals surface area contributed by atoms with Crippen LogP contribution in [0.1, 0.15) is 112 Å². The topological polar surface area (TPSA) is 34.1 Å². The van der Waals surface area contributed by atoms with Crippen LogP contribution in [0.15, 0.2) is 12.2 Å². The lowest BCUT2D eigenvalue weighted by Crippen LogP contribution is -2.04. The number of carbonyl (C=O) groups is 2. The second kappa shape index (κ2) is 24.4. The van der Waals surface area contributed by atoms with Gasteiger partial charge in [0.15, 0.2) is 0 Å². The largest absolute Gasteiger partial charge is 0.300 e. The number of carbonyl (C=O) groups excluding carboxylic acids is 2. The van der Waals surface area contributed by atoms with E-state index in [1.54, 1.807) is 13.8 Å². The van der Waals surface area contributed by atoms with E-state index < -0.39 is 0 Å². The third kappa shape index (κ3) is 28.2. The lowest BCUT2D eigenvalue weighted by Gasteiger charge is -2.03. The molecule has 0 radical (unpaired) electrons. The van der Waals surface area contributed by atoms with E-state index in [0.717, 1.165) is 30.6 Å². The maximum atomic E-state index is 10.8. The van der Waals surface area contributed by atoms with Crippen molar-refractivity contribution in [2.75, 3.05) is 5.75 Å². The Morgan fingerprint density at radius 3 is 1.73 bits per heavy atom. The summed E-state index contributed by atoms with van der Waals surface area (Å²) < 4.78 is 0. The fourth-order valence-electron chi connectivity index (χ4n) is 2.45. The van der Waals surface area contributed by atoms with Crippen LogP contribution < -0.4 is 0 Å². The summed E-state index contributed by atoms with van der Waals surface area (Å²) in [6, 6.07) is 0. The number of rotatable bonds is 14. The molecule has 156 valence electrons. The average molecular weight is 387 g/mol. The summed E-state index contributed by atoms with van der Waals surface area (Å²) in [6.45, 7) is 15.3. The summed E-state index contributed by atoms with van der Waals surface area (Å²) in [5.41, 5.74) is 1.10. The van der Waals surface area contributed by atoms with Gasteiger partial charge in [-0.3, -0.25) is 9.59 Å². The molecule has 2 nitrogen and oxygen atoms in total. The number of thiol groups is 1. The Labute approximate surface area is 170 Å². The van der Waals surface area contributed by atoms with Crippen molar-refractivity contribution in [3.8, 4) is 0 Å². The van der Waals surface area contributed by atoms with Crippen LogP contribution >= 0.6 is 12.6 Å². The highest BCUT2D eigenvalue weighted by atomic mass is 32.1. The van der Waals surface area contributed by atoms with Crippen LogP contribution in [0.5, 0.6) is 0 Å². The van der Waals surface area contributed by atoms with Gasteiger partial charge < -0.3 is 0 Å². The molecule has 0 aromatic heterocycles. The first-order chi connectivity index (χ1) is 12.3. The molecule has 0 N–H and O–H groups in total. The van der Waals surface area contributed by atoms with E-state index in [0.29, 0.717) is 12.2 Å². The zero-order valence-corrected chi connectivity index (χ0v) is 19.4. The summed E-state index contributed by atoms with van der Waals surface area (Å²) >= 11 is 4.19. The Hall–Kier alpha value is -0.570. The molecule has 0 aliphatic carbocycles. The van der Waals surface area contributed by atoms with E-state index in [1.165, 1.54) is 44.9 Å². The van der Waals surface area contributed by atoms with Gasteiger partial charge in [-0.05, 0) is 45.3 Å². The van der Waals surface area contributed by atoms with Crippen molar-refractivity contribution in [1.82, 2.24) is 0 Å². The second-order valence-electron chi connectivity index (χ2n) is 6.88. The van der Waals surface area contributed by atoms with Gasteiger partial charge in [0.25, 0.3) is 0 Å². The monoisotopic (exact) mass is 386 g/mol. The van der Waals surface area contributed by atoms with Gasteiger partial charge in [0.1, 0.15) is 11.6 Å². The van der Waals surface area contributed by atoms with Crippen LogP contribution in [-0.4, -0.2) is 17.3 Å². The first-order valence-corrected chi connectivity index (χ1v) is 11.3. The maximum absolute atomic E-state index is 10.8. The van der Waals surface area contributed by atoms with Gasteiger partial charge in [-0.1, -0.05) is 78.4 Å². The van der Waals surface area contributed by atoms with E-state index in [1.807, 2.05) is 20.8 Å². The molecule has 0 amide bonds. The molecular weight excluding hydrogens is 340 g/mol. The normalized spacial score (nSPS) is 10.7. The van der Waals surface area contributed by atoms with E-state index in [2.05, 4.69) is 26.1 Å². The lowest BCUT2D eigenvalue weighted by atomic mass is 10.0. The minimum absolute atomic E-state index is 0.233. The Morgan fingerprint density at radius 2 is 1.38 bits per heavy atom. The Kier molecular flexibility index (Phi) is 28.3. The first-order valence-electron chi connectivity index (χ1n) is 10.6. The van der Waals surface area contributed by atoms with Crippen LogP contribution in [0, 0.1) is 5.92 Å². The molecule has 0 aliphatic heterocycles. The molecule has 0 aromatic carbocycles. The molecule has 26 heavy (non-hydrogen) atoms. The van der Waals surface area contributed by atoms with Crippen LogP contribution in [-0.2, 0) is 9.59 Å². The highest BCUT2D eigenvalue weighted by molar-refractivity contribution is 7.80. The SMILES string of the molecule is C=C(CCCCCCCCCS)CC(C)=O.CC.CCCC(C)C(C)=O. The fourth-order valence-corrected chi connectivity index (χ4v) is 2.67. The molecule has 0 heterocycles. The molecule has 3 heteroatoms. The van der Waals surface area contributed by atoms with E-state index in [-0.39, 0.29) is 11.7 Å². The number of hydrogen-bond acceptors (Lipinski definition) is 3. The van der Waals surface area contributed by atoms with Crippen molar-refractivity contribution in [3.05, 3.63) is 12.2 Å². The van der Waals surface area contributed by atoms with Gasteiger partial charge in [-0.15, -0.1) is 0 Å². The van der Waals surface area contributed by atoms with Crippen LogP contribution in [0.3, 0.4) is 0 Å². The van der Waals surface area contributed by atoms with Gasteiger partial charge in [0.2, 0.25) is 0 Å². The summed E-state index contributed by atoms with van der Waals surface area (Å²) in [4.78, 5) is 21.4. The third-order valence-corrected chi connectivity index (χ3v) is 4.42. The first kappa shape index (κ1) is 30.2. The van der Waals surface area contributed by atoms with Gasteiger partial charge in [-0.25, -0.2) is 0 Å². The second-order valence-corrected chi connectivity index (χ2v) is 7.32. The molecule has 0 bridgehead atoms. The van der Waals surface area contributed by atoms with Gasteiger partial charge in [0, 0.05) is 12.3 Å². The zero-order valence-electron chi connectivity index (χ0n) is 18.5. The highest BCUT2D eigenvalue weighted by Crippen LogP contribution is 2.13. The highest BCUT2D eigenvalue weighted by Gasteiger charge is 2.03. The van der Waals surface area contributed by atoms with Crippen molar-refractivity contribution >= 4 is 24.2 Å². The number of Topliss-reactive ketones (excluding diaryl/α,β-unsaturated/α-hetero) is 2. The molecule has 0 saturated heterocycles. The van der Waals surface area contributed by atoms with Crippen molar-refractivity contribution < 1.29 is 9.59 Å². The van der Waals surface area contributed by atoms with Crippen molar-refractivity contribution in [3.63, 3.8) is 0 Å². The van der Waals surface area contributed by atoms with E-state index in [4.69, 9.17) is 0 Å². The molecule has 0 rings (SSSR count). The molecule has 1 atom stereocenters. The smallest absolute Gasteiger partial charge is 0.133 e. The zero-order chi connectivity index (χ0) is 20.8. The van der Waals surface area contributed by atoms with Crippen molar-refractivity contribution in [2.45, 2.75) is 112 Å². The molecule has 0 aliphatic rings. The van der Waals surface area contributed by atoms with E-state index in [9.17, 15) is 9.59 Å². The van der Waals surface area contributed by atoms with Crippen LogP contribution in [0.2, 0.25) is 0 Å². The minimum Gasteiger partial charge on any atom is -0.300 e. The van der Waals surface area contributed by atoms with Crippen molar-refractivity contribution in [2.24, 2.45) is 5.92 Å². The quantitative estimate of drug-likeness (QED) is 0.189. The number of unbranched alkanes of at least 4 members (excludes halogenated alkanes) is 6. The predicted octanol–water partition coefficient (Wildman–Crippen LogP) is 7.61. The molecule has 0 fully saturated rings. The van der Waals surface area contributed by atoms with Crippen LogP contribution in [0.4, 0.5) is 0 Å². The van der Waals surface area contributed by atoms with Gasteiger partial charge >= 0.3 is 0 Å². The Bertz CT molecular complexity index is 337. The minimum atomic E-state index is 0.233. The summed E-state index contributed by atoms with van der Waals surface area (Å²) in [6.07, 6.45) is 12.8. The maximum Gasteiger partial charge on any atom is 0.133 e. The predicted molar refractivity (Wildman–Crippen MR) is 121 cm³/mol. The van der Waals surface area contributed by atoms with Gasteiger partial charge in [-0.2, -0.15) is 12.6 Å². The summed E-state index contributed by atoms with van der Waals surface area (Å²) in [5.74, 6) is 1.84. The molecule has 0 saturated carbocycles.